The Bertz CT molecular complexity index is 2430. The average Bonchev–Trinajstić information content (AvgIpc) is 2.88. The van der Waals surface area contributed by atoms with Crippen molar-refractivity contribution in [2.45, 2.75) is 0 Å². The molecule has 8 nitrogen and oxygen atoms in total. The third-order valence-corrected chi connectivity index (χ3v) is 6.79. The lowest BCUT2D eigenvalue weighted by Crippen LogP contribution is -2.20. The zero-order chi connectivity index (χ0) is 24.9. The summed E-state index contributed by atoms with van der Waals surface area (Å²) in [6.45, 7) is 0. The minimum absolute atomic E-state index is 0.0427. The molecule has 1 aromatic heterocycles. The third-order valence-electron chi connectivity index (χ3n) is 6.79. The first-order valence-electron chi connectivity index (χ1n) is 11.0. The highest BCUT2D eigenvalue weighted by molar-refractivity contribution is 6.16. The Labute approximate surface area is 198 Å². The topological polar surface area (TPSA) is 134 Å². The molecule has 0 bridgehead atoms. The van der Waals surface area contributed by atoms with Gasteiger partial charge in [0.2, 0.25) is 0 Å². The molecule has 0 saturated heterocycles. The molecule has 6 aromatic carbocycles. The fourth-order valence-electron chi connectivity index (χ4n) is 5.19. The van der Waals surface area contributed by atoms with E-state index in [1.54, 1.807) is 36.4 Å². The van der Waals surface area contributed by atoms with Gasteiger partial charge in [-0.2, -0.15) is 0 Å². The number of H-pyrrole nitrogens is 1. The van der Waals surface area contributed by atoms with Gasteiger partial charge in [-0.3, -0.25) is 24.0 Å². The summed E-state index contributed by atoms with van der Waals surface area (Å²) in [4.78, 5) is 73.5. The maximum atomic E-state index is 13.4. The number of fused-ring (bicyclic) bond motifs is 8. The molecule has 0 aliphatic heterocycles. The summed E-state index contributed by atoms with van der Waals surface area (Å²) in [5, 5.41) is 11.0. The van der Waals surface area contributed by atoms with Crippen LogP contribution >= 0.6 is 0 Å². The highest BCUT2D eigenvalue weighted by Gasteiger charge is 2.21. The number of rotatable bonds is 0. The van der Waals surface area contributed by atoms with E-state index in [0.29, 0.717) is 0 Å². The Morgan fingerprint density at radius 3 is 1.81 bits per heavy atom. The van der Waals surface area contributed by atoms with Crippen molar-refractivity contribution in [3.63, 3.8) is 0 Å². The van der Waals surface area contributed by atoms with Crippen LogP contribution in [0.1, 0.15) is 0 Å². The van der Waals surface area contributed by atoms with Crippen LogP contribution in [0.25, 0.3) is 65.2 Å². The first-order chi connectivity index (χ1) is 17.4. The number of phenols is 1. The summed E-state index contributed by atoms with van der Waals surface area (Å²) in [5.41, 5.74) is -2.51. The number of nitrogens with one attached hydrogen (secondary N) is 1. The van der Waals surface area contributed by atoms with Gasteiger partial charge in [-0.25, -0.2) is 4.98 Å². The van der Waals surface area contributed by atoms with Gasteiger partial charge in [-0.05, 0) is 0 Å². The molecule has 0 unspecified atom stereocenters. The van der Waals surface area contributed by atoms with Gasteiger partial charge in [0.25, 0.3) is 0 Å². The number of nitrogens with zero attached hydrogens (tertiary/aromatic N) is 1. The molecule has 0 aliphatic carbocycles. The molecule has 7 aromatic rings. The van der Waals surface area contributed by atoms with Crippen molar-refractivity contribution in [3.8, 4) is 5.75 Å². The van der Waals surface area contributed by atoms with Crippen LogP contribution in [0.15, 0.2) is 84.6 Å². The molecule has 0 saturated carbocycles. The molecule has 8 heteroatoms. The number of phenolic OH excluding ortho intramolecular Hbond substituents is 1. The predicted octanol–water partition coefficient (Wildman–Crippen LogP) is 2.71. The lowest BCUT2D eigenvalue weighted by atomic mass is 9.98. The molecular weight excluding hydrogens is 460 g/mol. The van der Waals surface area contributed by atoms with E-state index in [4.69, 9.17) is 0 Å². The molecule has 0 amide bonds. The Morgan fingerprint density at radius 1 is 0.611 bits per heavy atom. The van der Waals surface area contributed by atoms with Crippen LogP contribution in [-0.4, -0.2) is 15.1 Å². The van der Waals surface area contributed by atoms with E-state index < -0.39 is 27.1 Å². The molecular formula is C28H12N2O6. The lowest BCUT2D eigenvalue weighted by Gasteiger charge is -2.10. The minimum atomic E-state index is -0.664. The SMILES string of the molecule is O=c1cc2nc3c(cc(=O)c4c(=O)c5ccccc5c(=O)c43)[nH]c2c2c(=O)c3ccccc3c(O)c12. The molecule has 7 rings (SSSR count). The van der Waals surface area contributed by atoms with Crippen LogP contribution in [0.5, 0.6) is 5.75 Å². The standard InChI is InChI=1S/C28H12N2O6/c31-17-9-15-23(21-19(17)25(33)11-5-1-3-7-13(11)27(21)35)29-16-10-18(32)20-22(24(16)30-15)28(36)14-8-4-2-6-12(14)26(20)34/h1-10,29,33H. The van der Waals surface area contributed by atoms with Gasteiger partial charge in [0.1, 0.15) is 5.75 Å². The van der Waals surface area contributed by atoms with E-state index in [2.05, 4.69) is 9.97 Å². The third kappa shape index (κ3) is 2.37. The number of aromatic nitrogens is 2. The molecule has 170 valence electrons. The maximum Gasteiger partial charge on any atom is 0.198 e. The number of hydrogen-bond donors (Lipinski definition) is 2. The highest BCUT2D eigenvalue weighted by Crippen LogP contribution is 2.32. The van der Waals surface area contributed by atoms with Gasteiger partial charge in [-0.15, -0.1) is 0 Å². The lowest BCUT2D eigenvalue weighted by molar-refractivity contribution is 0.487. The van der Waals surface area contributed by atoms with E-state index in [1.807, 2.05) is 0 Å². The van der Waals surface area contributed by atoms with Crippen LogP contribution in [0, 0.1) is 0 Å². The molecule has 1 heterocycles. The molecule has 0 spiro atoms. The van der Waals surface area contributed by atoms with Gasteiger partial charge in [-0.1, -0.05) is 48.5 Å². The van der Waals surface area contributed by atoms with E-state index in [1.165, 1.54) is 12.1 Å². The van der Waals surface area contributed by atoms with Gasteiger partial charge in [0, 0.05) is 33.7 Å². The fraction of sp³-hybridized carbons (Fsp3) is 0. The van der Waals surface area contributed by atoms with Crippen molar-refractivity contribution in [2.75, 3.05) is 0 Å². The smallest absolute Gasteiger partial charge is 0.198 e. The second-order valence-corrected chi connectivity index (χ2v) is 8.70. The summed E-state index contributed by atoms with van der Waals surface area (Å²) < 4.78 is 0. The summed E-state index contributed by atoms with van der Waals surface area (Å²) in [7, 11) is 0. The van der Waals surface area contributed by atoms with Crippen molar-refractivity contribution in [1.29, 1.82) is 0 Å². The van der Waals surface area contributed by atoms with Crippen molar-refractivity contribution in [3.05, 3.63) is 112 Å². The summed E-state index contributed by atoms with van der Waals surface area (Å²) in [6.07, 6.45) is 0. The normalized spacial score (nSPS) is 12.0. The zero-order valence-electron chi connectivity index (χ0n) is 18.2. The van der Waals surface area contributed by atoms with E-state index >= 15 is 0 Å². The summed E-state index contributed by atoms with van der Waals surface area (Å²) in [5.74, 6) is -0.326. The Balaban J connectivity index is 1.78. The largest absolute Gasteiger partial charge is 0.506 e. The molecule has 0 atom stereocenters. The maximum absolute atomic E-state index is 13.4. The zero-order valence-corrected chi connectivity index (χ0v) is 18.2. The summed E-state index contributed by atoms with van der Waals surface area (Å²) >= 11 is 0. The van der Waals surface area contributed by atoms with Crippen LogP contribution in [0.4, 0.5) is 0 Å². The van der Waals surface area contributed by atoms with Crippen molar-refractivity contribution < 1.29 is 5.11 Å². The Hall–Kier alpha value is -5.24. The quantitative estimate of drug-likeness (QED) is 0.256. The predicted molar refractivity (Wildman–Crippen MR) is 139 cm³/mol. The van der Waals surface area contributed by atoms with E-state index in [0.717, 1.165) is 12.1 Å². The second-order valence-electron chi connectivity index (χ2n) is 8.70. The van der Waals surface area contributed by atoms with Crippen molar-refractivity contribution >= 4 is 65.2 Å². The number of aromatic amines is 1. The Kier molecular flexibility index (Phi) is 3.73. The van der Waals surface area contributed by atoms with Crippen LogP contribution in [0.2, 0.25) is 0 Å². The van der Waals surface area contributed by atoms with Gasteiger partial charge >= 0.3 is 0 Å². The van der Waals surface area contributed by atoms with Crippen molar-refractivity contribution in [2.24, 2.45) is 0 Å². The minimum Gasteiger partial charge on any atom is -0.506 e. The van der Waals surface area contributed by atoms with Crippen LogP contribution in [0.3, 0.4) is 0 Å². The van der Waals surface area contributed by atoms with E-state index in [9.17, 15) is 29.1 Å². The van der Waals surface area contributed by atoms with Gasteiger partial charge in [0.05, 0.1) is 43.6 Å². The van der Waals surface area contributed by atoms with E-state index in [-0.39, 0.29) is 70.9 Å². The molecule has 0 radical (unpaired) electrons. The summed E-state index contributed by atoms with van der Waals surface area (Å²) in [6, 6.07) is 14.9. The first kappa shape index (κ1) is 20.2. The number of hydrogen-bond acceptors (Lipinski definition) is 7. The molecule has 36 heavy (non-hydrogen) atoms. The fourth-order valence-corrected chi connectivity index (χ4v) is 5.19. The molecule has 2 N–H and O–H groups in total. The monoisotopic (exact) mass is 472 g/mol. The highest BCUT2D eigenvalue weighted by atomic mass is 16.3. The average molecular weight is 472 g/mol. The second kappa shape index (κ2) is 6.67. The van der Waals surface area contributed by atoms with Gasteiger partial charge in [0.15, 0.2) is 27.1 Å². The number of aromatic hydroxyl groups is 1. The Morgan fingerprint density at radius 2 is 1.14 bits per heavy atom. The number of benzene rings is 6. The van der Waals surface area contributed by atoms with Crippen LogP contribution in [-0.2, 0) is 0 Å². The molecule has 0 fully saturated rings. The first-order valence-corrected chi connectivity index (χ1v) is 11.0. The van der Waals surface area contributed by atoms with Crippen LogP contribution < -0.4 is 27.1 Å². The van der Waals surface area contributed by atoms with Gasteiger partial charge < -0.3 is 10.1 Å². The van der Waals surface area contributed by atoms with Crippen molar-refractivity contribution in [1.82, 2.24) is 9.97 Å². The molecule has 0 aliphatic rings.